The molecule has 3 nitrogen and oxygen atoms in total. The zero-order chi connectivity index (χ0) is 10.9. The number of hydrogen-bond acceptors (Lipinski definition) is 3. The van der Waals surface area contributed by atoms with Gasteiger partial charge in [0.25, 0.3) is 0 Å². The molecule has 5 heteroatoms. The van der Waals surface area contributed by atoms with Crippen molar-refractivity contribution in [2.45, 2.75) is 26.7 Å². The minimum absolute atomic E-state index is 0.335. The Hall–Kier alpha value is -0.0000000000000000208. The number of rotatable bonds is 6. The second kappa shape index (κ2) is 8.32. The van der Waals surface area contributed by atoms with Crippen LogP contribution in [0.3, 0.4) is 0 Å². The van der Waals surface area contributed by atoms with E-state index in [2.05, 4.69) is 11.6 Å². The van der Waals surface area contributed by atoms with E-state index in [4.69, 9.17) is 20.6 Å². The zero-order valence-electron chi connectivity index (χ0n) is 8.59. The molecule has 0 fully saturated rings. The lowest BCUT2D eigenvalue weighted by atomic mass is 10.4. The quantitative estimate of drug-likeness (QED) is 0.308. The van der Waals surface area contributed by atoms with Crippen LogP contribution in [0.2, 0.25) is 0 Å². The number of unbranched alkanes of at least 4 members (excludes halogenated alkanes) is 1. The first-order chi connectivity index (χ1) is 6.68. The SMILES string of the molecule is CCOP(=O)(C#CCCCCl)OCC. The highest BCUT2D eigenvalue weighted by Gasteiger charge is 2.19. The maximum Gasteiger partial charge on any atom is 0.405 e. The Morgan fingerprint density at radius 2 is 1.86 bits per heavy atom. The van der Waals surface area contributed by atoms with Crippen molar-refractivity contribution in [1.29, 1.82) is 0 Å². The molecule has 0 saturated carbocycles. The number of alkyl halides is 1. The molecule has 0 saturated heterocycles. The maximum absolute atomic E-state index is 11.7. The van der Waals surface area contributed by atoms with Crippen molar-refractivity contribution in [2.75, 3.05) is 19.1 Å². The molecule has 0 rings (SSSR count). The Labute approximate surface area is 90.7 Å². The normalized spacial score (nSPS) is 10.8. The first-order valence-corrected chi connectivity index (χ1v) is 6.71. The van der Waals surface area contributed by atoms with Crippen molar-refractivity contribution in [3.05, 3.63) is 0 Å². The highest BCUT2D eigenvalue weighted by molar-refractivity contribution is 7.59. The van der Waals surface area contributed by atoms with Crippen LogP contribution in [0, 0.1) is 11.6 Å². The van der Waals surface area contributed by atoms with Gasteiger partial charge in [0.05, 0.1) is 13.2 Å². The Morgan fingerprint density at radius 1 is 1.29 bits per heavy atom. The molecule has 0 aliphatic rings. The van der Waals surface area contributed by atoms with E-state index in [0.29, 0.717) is 25.5 Å². The van der Waals surface area contributed by atoms with Crippen LogP contribution in [0.15, 0.2) is 0 Å². The summed E-state index contributed by atoms with van der Waals surface area (Å²) in [6.45, 7) is 4.18. The van der Waals surface area contributed by atoms with E-state index in [-0.39, 0.29) is 0 Å². The van der Waals surface area contributed by atoms with Crippen LogP contribution in [0.5, 0.6) is 0 Å². The molecule has 14 heavy (non-hydrogen) atoms. The summed E-state index contributed by atoms with van der Waals surface area (Å²) in [5, 5.41) is 0. The molecule has 0 aromatic heterocycles. The molecule has 0 amide bonds. The Balaban J connectivity index is 4.17. The smallest absolute Gasteiger partial charge is 0.300 e. The van der Waals surface area contributed by atoms with Crippen molar-refractivity contribution < 1.29 is 13.6 Å². The molecule has 0 aromatic rings. The molecule has 0 aliphatic carbocycles. The third kappa shape index (κ3) is 6.45. The monoisotopic (exact) mass is 238 g/mol. The van der Waals surface area contributed by atoms with Crippen LogP contribution < -0.4 is 0 Å². The zero-order valence-corrected chi connectivity index (χ0v) is 10.2. The van der Waals surface area contributed by atoms with Crippen molar-refractivity contribution in [2.24, 2.45) is 0 Å². The molecular weight excluding hydrogens is 223 g/mol. The van der Waals surface area contributed by atoms with E-state index in [9.17, 15) is 4.57 Å². The van der Waals surface area contributed by atoms with Gasteiger partial charge in [0.15, 0.2) is 0 Å². The van der Waals surface area contributed by atoms with Gasteiger partial charge in [-0.15, -0.1) is 11.6 Å². The molecule has 0 bridgehead atoms. The summed E-state index contributed by atoms with van der Waals surface area (Å²) in [5.74, 6) is 3.31. The van der Waals surface area contributed by atoms with Crippen LogP contribution in [0.25, 0.3) is 0 Å². The van der Waals surface area contributed by atoms with E-state index in [1.807, 2.05) is 0 Å². The first kappa shape index (κ1) is 14.0. The molecule has 0 atom stereocenters. The van der Waals surface area contributed by atoms with Crippen molar-refractivity contribution in [1.82, 2.24) is 0 Å². The molecule has 0 radical (unpaired) electrons. The van der Waals surface area contributed by atoms with Crippen molar-refractivity contribution in [3.8, 4) is 11.6 Å². The van der Waals surface area contributed by atoms with Gasteiger partial charge < -0.3 is 0 Å². The van der Waals surface area contributed by atoms with Gasteiger partial charge >= 0.3 is 7.60 Å². The standard InChI is InChI=1S/C9H16ClO3P/c1-3-12-14(11,13-4-2)9-7-5-6-8-10/h3-6,8H2,1-2H3. The number of halogens is 1. The van der Waals surface area contributed by atoms with Crippen LogP contribution in [-0.2, 0) is 13.6 Å². The molecule has 0 aliphatic heterocycles. The molecule has 0 spiro atoms. The lowest BCUT2D eigenvalue weighted by Gasteiger charge is -2.09. The van der Waals surface area contributed by atoms with Crippen molar-refractivity contribution in [3.63, 3.8) is 0 Å². The summed E-state index contributed by atoms with van der Waals surface area (Å²) in [7, 11) is -3.16. The summed E-state index contributed by atoms with van der Waals surface area (Å²) < 4.78 is 21.7. The molecule has 0 heterocycles. The Kier molecular flexibility index (Phi) is 8.32. The average molecular weight is 239 g/mol. The van der Waals surface area contributed by atoms with E-state index in [1.54, 1.807) is 13.8 Å². The van der Waals surface area contributed by atoms with Gasteiger partial charge in [0.2, 0.25) is 0 Å². The second-order valence-corrected chi connectivity index (χ2v) is 4.53. The number of hydrogen-bond donors (Lipinski definition) is 0. The van der Waals surface area contributed by atoms with Gasteiger partial charge in [-0.05, 0) is 20.3 Å². The first-order valence-electron chi connectivity index (χ1n) is 4.63. The van der Waals surface area contributed by atoms with Gasteiger partial charge in [-0.3, -0.25) is 9.05 Å². The summed E-state index contributed by atoms with van der Waals surface area (Å²) in [6, 6.07) is 0. The minimum Gasteiger partial charge on any atom is -0.300 e. The maximum atomic E-state index is 11.7. The minimum atomic E-state index is -3.16. The van der Waals surface area contributed by atoms with Crippen LogP contribution in [0.1, 0.15) is 26.7 Å². The lowest BCUT2D eigenvalue weighted by molar-refractivity contribution is 0.230. The predicted octanol–water partition coefficient (Wildman–Crippen LogP) is 3.23. The molecular formula is C9H16ClO3P. The fraction of sp³-hybridized carbons (Fsp3) is 0.778. The topological polar surface area (TPSA) is 35.5 Å². The van der Waals surface area contributed by atoms with E-state index < -0.39 is 7.60 Å². The third-order valence-electron chi connectivity index (χ3n) is 1.25. The van der Waals surface area contributed by atoms with Crippen LogP contribution in [-0.4, -0.2) is 19.1 Å². The van der Waals surface area contributed by atoms with Crippen molar-refractivity contribution >= 4 is 19.2 Å². The van der Waals surface area contributed by atoms with E-state index in [0.717, 1.165) is 6.42 Å². The summed E-state index contributed by atoms with van der Waals surface area (Å²) in [5.41, 5.74) is 2.54. The Morgan fingerprint density at radius 3 is 2.29 bits per heavy atom. The lowest BCUT2D eigenvalue weighted by Crippen LogP contribution is -1.93. The van der Waals surface area contributed by atoms with Gasteiger partial charge in [-0.2, -0.15) is 0 Å². The van der Waals surface area contributed by atoms with Gasteiger partial charge in [0, 0.05) is 18.0 Å². The largest absolute Gasteiger partial charge is 0.405 e. The summed E-state index contributed by atoms with van der Waals surface area (Å²) >= 11 is 5.47. The van der Waals surface area contributed by atoms with Crippen LogP contribution in [0.4, 0.5) is 0 Å². The molecule has 82 valence electrons. The second-order valence-electron chi connectivity index (χ2n) is 2.41. The fourth-order valence-electron chi connectivity index (χ4n) is 0.750. The molecule has 0 aromatic carbocycles. The predicted molar refractivity (Wildman–Crippen MR) is 58.6 cm³/mol. The van der Waals surface area contributed by atoms with Gasteiger partial charge in [-0.25, -0.2) is 4.57 Å². The molecule has 0 unspecified atom stereocenters. The molecule has 0 N–H and O–H groups in total. The summed E-state index contributed by atoms with van der Waals surface area (Å²) in [6.07, 6.45) is 1.40. The van der Waals surface area contributed by atoms with E-state index >= 15 is 0 Å². The highest BCUT2D eigenvalue weighted by atomic mass is 35.5. The van der Waals surface area contributed by atoms with Crippen LogP contribution >= 0.6 is 19.2 Å². The summed E-state index contributed by atoms with van der Waals surface area (Å²) in [4.78, 5) is 0. The highest BCUT2D eigenvalue weighted by Crippen LogP contribution is 2.46. The average Bonchev–Trinajstić information content (AvgIpc) is 2.13. The third-order valence-corrected chi connectivity index (χ3v) is 3.14. The van der Waals surface area contributed by atoms with Gasteiger partial charge in [0.1, 0.15) is 0 Å². The van der Waals surface area contributed by atoms with E-state index in [1.165, 1.54) is 0 Å². The van der Waals surface area contributed by atoms with Gasteiger partial charge in [-0.1, -0.05) is 5.92 Å². The fourth-order valence-corrected chi connectivity index (χ4v) is 2.07. The Bertz CT molecular complexity index is 234.